The van der Waals surface area contributed by atoms with Crippen molar-refractivity contribution < 1.29 is 4.39 Å². The summed E-state index contributed by atoms with van der Waals surface area (Å²) in [5, 5.41) is 0. The Morgan fingerprint density at radius 2 is 2.15 bits per heavy atom. The van der Waals surface area contributed by atoms with E-state index in [1.54, 1.807) is 6.07 Å². The number of hydrogen-bond acceptors (Lipinski definition) is 3. The zero-order valence-electron chi connectivity index (χ0n) is 12.2. The smallest absolute Gasteiger partial charge is 0.146 e. The van der Waals surface area contributed by atoms with Gasteiger partial charge in [-0.25, -0.2) is 4.39 Å². The second kappa shape index (κ2) is 5.70. The van der Waals surface area contributed by atoms with E-state index in [0.29, 0.717) is 18.5 Å². The predicted octanol–water partition coefficient (Wildman–Crippen LogP) is 2.20. The summed E-state index contributed by atoms with van der Waals surface area (Å²) in [6.45, 7) is 3.53. The van der Waals surface area contributed by atoms with E-state index in [-0.39, 0.29) is 5.82 Å². The molecule has 3 nitrogen and oxygen atoms in total. The number of piperidine rings is 2. The Morgan fingerprint density at radius 1 is 1.30 bits per heavy atom. The number of fused-ring (bicyclic) bond motifs is 1. The van der Waals surface area contributed by atoms with E-state index in [4.69, 9.17) is 5.73 Å². The minimum Gasteiger partial charge on any atom is -0.369 e. The summed E-state index contributed by atoms with van der Waals surface area (Å²) in [4.78, 5) is 4.70. The number of nitrogens with two attached hydrogens (primary N) is 1. The average molecular weight is 277 g/mol. The summed E-state index contributed by atoms with van der Waals surface area (Å²) in [5.41, 5.74) is 7.17. The molecular formula is C16H24FN3. The normalized spacial score (nSPS) is 27.4. The molecule has 110 valence electrons. The van der Waals surface area contributed by atoms with Crippen LogP contribution in [0.3, 0.4) is 0 Å². The highest BCUT2D eigenvalue weighted by atomic mass is 19.1. The molecule has 0 saturated carbocycles. The van der Waals surface area contributed by atoms with Gasteiger partial charge in [0.2, 0.25) is 0 Å². The van der Waals surface area contributed by atoms with E-state index in [2.05, 4.69) is 16.8 Å². The molecule has 1 aromatic carbocycles. The number of benzene rings is 1. The summed E-state index contributed by atoms with van der Waals surface area (Å²) < 4.78 is 14.2. The van der Waals surface area contributed by atoms with E-state index >= 15 is 0 Å². The monoisotopic (exact) mass is 277 g/mol. The van der Waals surface area contributed by atoms with Gasteiger partial charge in [-0.3, -0.25) is 0 Å². The Morgan fingerprint density at radius 3 is 2.90 bits per heavy atom. The van der Waals surface area contributed by atoms with Gasteiger partial charge in [-0.05, 0) is 56.5 Å². The standard InChI is InChI=1S/C16H24FN3/c1-19-7-2-3-13-11-20(8-6-15(13)19)16-5-4-12(10-18)9-14(16)17/h4-5,9,13,15H,2-3,6-8,10-11,18H2,1H3. The van der Waals surface area contributed by atoms with Crippen LogP contribution >= 0.6 is 0 Å². The molecule has 1 aromatic rings. The summed E-state index contributed by atoms with van der Waals surface area (Å²) in [6.07, 6.45) is 3.67. The van der Waals surface area contributed by atoms with Crippen LogP contribution in [0.2, 0.25) is 0 Å². The molecule has 0 aliphatic carbocycles. The largest absolute Gasteiger partial charge is 0.369 e. The van der Waals surface area contributed by atoms with Crippen LogP contribution in [0.25, 0.3) is 0 Å². The number of likely N-dealkylation sites (tertiary alicyclic amines) is 1. The fraction of sp³-hybridized carbons (Fsp3) is 0.625. The molecule has 2 atom stereocenters. The molecule has 0 aromatic heterocycles. The topological polar surface area (TPSA) is 32.5 Å². The van der Waals surface area contributed by atoms with Gasteiger partial charge in [0.1, 0.15) is 5.82 Å². The maximum Gasteiger partial charge on any atom is 0.146 e. The van der Waals surface area contributed by atoms with Gasteiger partial charge in [0.15, 0.2) is 0 Å². The minimum atomic E-state index is -0.129. The van der Waals surface area contributed by atoms with Crippen LogP contribution in [0.5, 0.6) is 0 Å². The lowest BCUT2D eigenvalue weighted by Gasteiger charge is -2.46. The number of halogens is 1. The minimum absolute atomic E-state index is 0.129. The van der Waals surface area contributed by atoms with Crippen LogP contribution in [0.4, 0.5) is 10.1 Å². The van der Waals surface area contributed by atoms with Crippen molar-refractivity contribution in [1.29, 1.82) is 0 Å². The number of anilines is 1. The predicted molar refractivity (Wildman–Crippen MR) is 80.3 cm³/mol. The van der Waals surface area contributed by atoms with Gasteiger partial charge in [0.25, 0.3) is 0 Å². The van der Waals surface area contributed by atoms with Crippen molar-refractivity contribution in [3.63, 3.8) is 0 Å². The van der Waals surface area contributed by atoms with Crippen LogP contribution in [-0.4, -0.2) is 37.6 Å². The summed E-state index contributed by atoms with van der Waals surface area (Å²) in [7, 11) is 2.23. The first-order valence-electron chi connectivity index (χ1n) is 7.62. The first-order chi connectivity index (χ1) is 9.69. The van der Waals surface area contributed by atoms with Crippen molar-refractivity contribution in [1.82, 2.24) is 4.90 Å². The Bertz CT molecular complexity index is 477. The van der Waals surface area contributed by atoms with E-state index in [9.17, 15) is 4.39 Å². The lowest BCUT2D eigenvalue weighted by atomic mass is 9.84. The van der Waals surface area contributed by atoms with Gasteiger partial charge in [-0.2, -0.15) is 0 Å². The van der Waals surface area contributed by atoms with E-state index in [1.165, 1.54) is 19.4 Å². The molecule has 0 bridgehead atoms. The van der Waals surface area contributed by atoms with Crippen LogP contribution < -0.4 is 10.6 Å². The molecule has 0 radical (unpaired) electrons. The van der Waals surface area contributed by atoms with Crippen LogP contribution in [0, 0.1) is 11.7 Å². The average Bonchev–Trinajstić information content (AvgIpc) is 2.47. The SMILES string of the molecule is CN1CCCC2CN(c3ccc(CN)cc3F)CCC21. The van der Waals surface area contributed by atoms with Crippen molar-refractivity contribution in [2.45, 2.75) is 31.8 Å². The third kappa shape index (κ3) is 2.54. The van der Waals surface area contributed by atoms with E-state index in [1.807, 2.05) is 12.1 Å². The Kier molecular flexibility index (Phi) is 3.94. The summed E-state index contributed by atoms with van der Waals surface area (Å²) in [5.74, 6) is 0.548. The molecule has 3 rings (SSSR count). The molecule has 2 heterocycles. The van der Waals surface area contributed by atoms with Gasteiger partial charge in [-0.15, -0.1) is 0 Å². The summed E-state index contributed by atoms with van der Waals surface area (Å²) in [6, 6.07) is 6.10. The first kappa shape index (κ1) is 13.8. The molecule has 20 heavy (non-hydrogen) atoms. The highest BCUT2D eigenvalue weighted by molar-refractivity contribution is 5.49. The molecule has 2 N–H and O–H groups in total. The van der Waals surface area contributed by atoms with Crippen LogP contribution in [0.1, 0.15) is 24.8 Å². The van der Waals surface area contributed by atoms with Gasteiger partial charge in [0.05, 0.1) is 5.69 Å². The van der Waals surface area contributed by atoms with E-state index < -0.39 is 0 Å². The second-order valence-corrected chi connectivity index (χ2v) is 6.17. The molecule has 0 spiro atoms. The highest BCUT2D eigenvalue weighted by Gasteiger charge is 2.34. The van der Waals surface area contributed by atoms with Crippen molar-refractivity contribution in [2.24, 2.45) is 11.7 Å². The molecule has 2 aliphatic rings. The lowest BCUT2D eigenvalue weighted by molar-refractivity contribution is 0.102. The van der Waals surface area contributed by atoms with Gasteiger partial charge < -0.3 is 15.5 Å². The maximum atomic E-state index is 14.2. The Hall–Kier alpha value is -1.13. The first-order valence-corrected chi connectivity index (χ1v) is 7.62. The molecule has 4 heteroatoms. The van der Waals surface area contributed by atoms with Gasteiger partial charge in [-0.1, -0.05) is 6.07 Å². The van der Waals surface area contributed by atoms with Gasteiger partial charge in [0, 0.05) is 25.7 Å². The lowest BCUT2D eigenvalue weighted by Crippen LogP contribution is -2.52. The molecule has 2 aliphatic heterocycles. The zero-order chi connectivity index (χ0) is 14.1. The van der Waals surface area contributed by atoms with Crippen molar-refractivity contribution in [3.05, 3.63) is 29.6 Å². The van der Waals surface area contributed by atoms with Crippen molar-refractivity contribution >= 4 is 5.69 Å². The fourth-order valence-corrected chi connectivity index (χ4v) is 3.81. The molecular weight excluding hydrogens is 253 g/mol. The molecule has 2 saturated heterocycles. The van der Waals surface area contributed by atoms with Crippen molar-refractivity contribution in [2.75, 3.05) is 31.6 Å². The maximum absolute atomic E-state index is 14.2. The Labute approximate surface area is 120 Å². The molecule has 2 fully saturated rings. The second-order valence-electron chi connectivity index (χ2n) is 6.17. The third-order valence-electron chi connectivity index (χ3n) is 4.93. The molecule has 2 unspecified atom stereocenters. The van der Waals surface area contributed by atoms with Crippen LogP contribution in [-0.2, 0) is 6.54 Å². The number of nitrogens with zero attached hydrogens (tertiary/aromatic N) is 2. The zero-order valence-corrected chi connectivity index (χ0v) is 12.2. The fourth-order valence-electron chi connectivity index (χ4n) is 3.81. The number of hydrogen-bond donors (Lipinski definition) is 1. The Balaban J connectivity index is 1.76. The van der Waals surface area contributed by atoms with E-state index in [0.717, 1.165) is 30.8 Å². The van der Waals surface area contributed by atoms with Crippen LogP contribution in [0.15, 0.2) is 18.2 Å². The number of rotatable bonds is 2. The van der Waals surface area contributed by atoms with Crippen molar-refractivity contribution in [3.8, 4) is 0 Å². The summed E-state index contributed by atoms with van der Waals surface area (Å²) >= 11 is 0. The molecule has 0 amide bonds. The quantitative estimate of drug-likeness (QED) is 0.899. The van der Waals surface area contributed by atoms with Gasteiger partial charge >= 0.3 is 0 Å². The third-order valence-corrected chi connectivity index (χ3v) is 4.93. The highest BCUT2D eigenvalue weighted by Crippen LogP contribution is 2.33.